The number of hydrogen-bond donors (Lipinski definition) is 0. The first-order valence-corrected chi connectivity index (χ1v) is 4.91. The van der Waals surface area contributed by atoms with Gasteiger partial charge in [0.1, 0.15) is 12.9 Å². The quantitative estimate of drug-likeness (QED) is 0.328. The summed E-state index contributed by atoms with van der Waals surface area (Å²) in [5.74, 6) is 2.61. The average Bonchev–Trinajstić information content (AvgIpc) is 2.17. The van der Waals surface area contributed by atoms with E-state index in [4.69, 9.17) is 15.9 Å². The van der Waals surface area contributed by atoms with Crippen LogP contribution in [0.5, 0.6) is 0 Å². The van der Waals surface area contributed by atoms with Crippen LogP contribution in [0.2, 0.25) is 0 Å². The second-order valence-electron chi connectivity index (χ2n) is 3.08. The number of unbranched alkanes of at least 4 members (excludes halogenated alkanes) is 3. The molecule has 0 fully saturated rings. The summed E-state index contributed by atoms with van der Waals surface area (Å²) in [6, 6.07) is 0. The Hall–Kier alpha value is -0.520. The van der Waals surface area contributed by atoms with Gasteiger partial charge in [-0.05, 0) is 12.8 Å². The largest absolute Gasteiger partial charge is 0.359 e. The van der Waals surface area contributed by atoms with Crippen LogP contribution < -0.4 is 0 Å². The highest BCUT2D eigenvalue weighted by molar-refractivity contribution is 4.94. The van der Waals surface area contributed by atoms with Crippen molar-refractivity contribution in [2.75, 3.05) is 13.9 Å². The number of rotatable bonds is 8. The Morgan fingerprint density at radius 3 is 2.62 bits per heavy atom. The Labute approximate surface area is 81.6 Å². The van der Waals surface area contributed by atoms with Gasteiger partial charge in [0.25, 0.3) is 0 Å². The Morgan fingerprint density at radius 2 is 2.08 bits per heavy atom. The summed E-state index contributed by atoms with van der Waals surface area (Å²) < 4.78 is 10.0. The molecule has 0 heterocycles. The molecule has 0 unspecified atom stereocenters. The topological polar surface area (TPSA) is 18.5 Å². The molecule has 1 atom stereocenters. The number of ether oxygens (including phenoxy) is 2. The molecular formula is C11H20O2. The van der Waals surface area contributed by atoms with Gasteiger partial charge in [-0.3, -0.25) is 0 Å². The first-order chi connectivity index (χ1) is 6.35. The summed E-state index contributed by atoms with van der Waals surface area (Å²) in [5.41, 5.74) is 0. The number of hydrogen-bond acceptors (Lipinski definition) is 2. The van der Waals surface area contributed by atoms with Crippen LogP contribution in [0.3, 0.4) is 0 Å². The number of terminal acetylenes is 1. The van der Waals surface area contributed by atoms with Crippen LogP contribution >= 0.6 is 0 Å². The lowest BCUT2D eigenvalue weighted by molar-refractivity contribution is -0.0547. The van der Waals surface area contributed by atoms with Gasteiger partial charge in [-0.2, -0.15) is 0 Å². The third kappa shape index (κ3) is 7.83. The molecule has 0 rings (SSSR count). The lowest BCUT2D eigenvalue weighted by Crippen LogP contribution is -2.12. The van der Waals surface area contributed by atoms with Crippen molar-refractivity contribution in [1.82, 2.24) is 0 Å². The van der Waals surface area contributed by atoms with Gasteiger partial charge < -0.3 is 9.47 Å². The summed E-state index contributed by atoms with van der Waals surface area (Å²) in [6.45, 7) is 2.49. The van der Waals surface area contributed by atoms with E-state index < -0.39 is 0 Å². The van der Waals surface area contributed by atoms with Crippen LogP contribution in [0.1, 0.15) is 39.0 Å². The van der Waals surface area contributed by atoms with Gasteiger partial charge in [-0.1, -0.05) is 32.1 Å². The molecule has 0 spiro atoms. The minimum atomic E-state index is -0.0724. The van der Waals surface area contributed by atoms with E-state index in [0.717, 1.165) is 12.8 Å². The molecule has 0 aliphatic heterocycles. The van der Waals surface area contributed by atoms with Gasteiger partial charge in [-0.15, -0.1) is 6.42 Å². The lowest BCUT2D eigenvalue weighted by atomic mass is 10.1. The maximum Gasteiger partial charge on any atom is 0.148 e. The number of methoxy groups -OCH3 is 1. The molecule has 0 aromatic rings. The second-order valence-corrected chi connectivity index (χ2v) is 3.08. The van der Waals surface area contributed by atoms with Gasteiger partial charge in [0.15, 0.2) is 0 Å². The van der Waals surface area contributed by atoms with Gasteiger partial charge in [0, 0.05) is 7.11 Å². The van der Waals surface area contributed by atoms with Gasteiger partial charge >= 0.3 is 0 Å². The van der Waals surface area contributed by atoms with Crippen molar-refractivity contribution in [3.05, 3.63) is 0 Å². The first kappa shape index (κ1) is 12.5. The molecule has 0 amide bonds. The maximum absolute atomic E-state index is 5.30. The van der Waals surface area contributed by atoms with E-state index >= 15 is 0 Å². The van der Waals surface area contributed by atoms with E-state index in [0.29, 0.717) is 6.79 Å². The Morgan fingerprint density at radius 1 is 1.31 bits per heavy atom. The predicted octanol–water partition coefficient (Wildman–Crippen LogP) is 2.58. The first-order valence-electron chi connectivity index (χ1n) is 4.91. The van der Waals surface area contributed by atoms with E-state index in [-0.39, 0.29) is 6.10 Å². The third-order valence-electron chi connectivity index (χ3n) is 1.89. The normalized spacial score (nSPS) is 12.4. The van der Waals surface area contributed by atoms with E-state index in [1.165, 1.54) is 19.3 Å². The minimum Gasteiger partial charge on any atom is -0.359 e. The van der Waals surface area contributed by atoms with Gasteiger partial charge in [0.05, 0.1) is 0 Å². The van der Waals surface area contributed by atoms with E-state index in [1.807, 2.05) is 0 Å². The Kier molecular flexibility index (Phi) is 9.18. The monoisotopic (exact) mass is 184 g/mol. The zero-order valence-electron chi connectivity index (χ0n) is 8.71. The third-order valence-corrected chi connectivity index (χ3v) is 1.89. The molecule has 13 heavy (non-hydrogen) atoms. The van der Waals surface area contributed by atoms with Crippen molar-refractivity contribution in [2.45, 2.75) is 45.1 Å². The summed E-state index contributed by atoms with van der Waals surface area (Å²) >= 11 is 0. The molecule has 0 aliphatic carbocycles. The van der Waals surface area contributed by atoms with Gasteiger partial charge in [0.2, 0.25) is 0 Å². The fourth-order valence-corrected chi connectivity index (χ4v) is 1.12. The molecular weight excluding hydrogens is 164 g/mol. The van der Waals surface area contributed by atoms with Crippen molar-refractivity contribution in [2.24, 2.45) is 0 Å². The van der Waals surface area contributed by atoms with Crippen molar-refractivity contribution >= 4 is 0 Å². The highest BCUT2D eigenvalue weighted by Crippen LogP contribution is 2.07. The fraction of sp³-hybridized carbons (Fsp3) is 0.818. The maximum atomic E-state index is 5.30. The van der Waals surface area contributed by atoms with Crippen LogP contribution in [0.15, 0.2) is 0 Å². The van der Waals surface area contributed by atoms with Crippen LogP contribution in [0.25, 0.3) is 0 Å². The molecule has 0 saturated carbocycles. The van der Waals surface area contributed by atoms with E-state index in [2.05, 4.69) is 12.8 Å². The summed E-state index contributed by atoms with van der Waals surface area (Å²) in [7, 11) is 1.60. The minimum absolute atomic E-state index is 0.0724. The standard InChI is InChI=1S/C11H20O2/c1-4-6-7-8-9-11(5-2)13-10-12-3/h2,11H,4,6-10H2,1,3H3/t11-/m0/s1. The second kappa shape index (κ2) is 9.57. The fourth-order valence-electron chi connectivity index (χ4n) is 1.12. The van der Waals surface area contributed by atoms with Crippen molar-refractivity contribution in [3.8, 4) is 12.3 Å². The summed E-state index contributed by atoms with van der Waals surface area (Å²) in [4.78, 5) is 0. The SMILES string of the molecule is C#C[C@@H](CCCCCC)OCOC. The van der Waals surface area contributed by atoms with Crippen molar-refractivity contribution in [3.63, 3.8) is 0 Å². The van der Waals surface area contributed by atoms with Crippen molar-refractivity contribution in [1.29, 1.82) is 0 Å². The molecule has 0 bridgehead atoms. The smallest absolute Gasteiger partial charge is 0.148 e. The Balaban J connectivity index is 3.32. The molecule has 2 heteroatoms. The zero-order valence-corrected chi connectivity index (χ0v) is 8.71. The molecule has 76 valence electrons. The molecule has 0 radical (unpaired) electrons. The predicted molar refractivity (Wildman–Crippen MR) is 54.3 cm³/mol. The molecule has 2 nitrogen and oxygen atoms in total. The average molecular weight is 184 g/mol. The highest BCUT2D eigenvalue weighted by atomic mass is 16.7. The molecule has 0 N–H and O–H groups in total. The van der Waals surface area contributed by atoms with Crippen LogP contribution in [0, 0.1) is 12.3 Å². The van der Waals surface area contributed by atoms with Crippen molar-refractivity contribution < 1.29 is 9.47 Å². The van der Waals surface area contributed by atoms with E-state index in [9.17, 15) is 0 Å². The molecule has 0 aromatic heterocycles. The lowest BCUT2D eigenvalue weighted by Gasteiger charge is -2.10. The molecule has 0 aliphatic rings. The zero-order chi connectivity index (χ0) is 9.94. The van der Waals surface area contributed by atoms with Gasteiger partial charge in [-0.25, -0.2) is 0 Å². The summed E-state index contributed by atoms with van der Waals surface area (Å²) in [5, 5.41) is 0. The molecule has 0 aromatic carbocycles. The van der Waals surface area contributed by atoms with Crippen LogP contribution in [-0.4, -0.2) is 20.0 Å². The Bertz CT molecular complexity index is 138. The van der Waals surface area contributed by atoms with Crippen LogP contribution in [0.4, 0.5) is 0 Å². The highest BCUT2D eigenvalue weighted by Gasteiger charge is 2.03. The van der Waals surface area contributed by atoms with E-state index in [1.54, 1.807) is 7.11 Å². The molecule has 0 saturated heterocycles. The summed E-state index contributed by atoms with van der Waals surface area (Å²) in [6.07, 6.45) is 11.1. The van der Waals surface area contributed by atoms with Crippen LogP contribution in [-0.2, 0) is 9.47 Å².